The molecular weight excluding hydrogens is 258 g/mol. The molecule has 0 aromatic carbocycles. The molecular formula is C14H17N3OS. The SMILES string of the molecule is O=C(c1ccsc1)N1CCCC[C@H]1Cn1cccn1. The molecule has 0 aliphatic carbocycles. The summed E-state index contributed by atoms with van der Waals surface area (Å²) < 4.78 is 1.92. The van der Waals surface area contributed by atoms with E-state index >= 15 is 0 Å². The molecule has 0 saturated carbocycles. The van der Waals surface area contributed by atoms with Gasteiger partial charge in [-0.3, -0.25) is 9.48 Å². The van der Waals surface area contributed by atoms with E-state index in [1.54, 1.807) is 17.5 Å². The first-order valence-corrected chi connectivity index (χ1v) is 7.59. The number of piperidine rings is 1. The first-order chi connectivity index (χ1) is 9.34. The van der Waals surface area contributed by atoms with Gasteiger partial charge in [-0.1, -0.05) is 0 Å². The van der Waals surface area contributed by atoms with Gasteiger partial charge in [0.2, 0.25) is 0 Å². The van der Waals surface area contributed by atoms with Gasteiger partial charge in [0.1, 0.15) is 0 Å². The molecule has 3 heterocycles. The van der Waals surface area contributed by atoms with E-state index < -0.39 is 0 Å². The molecule has 19 heavy (non-hydrogen) atoms. The van der Waals surface area contributed by atoms with Gasteiger partial charge in [0.25, 0.3) is 5.91 Å². The summed E-state index contributed by atoms with van der Waals surface area (Å²) in [6.45, 7) is 1.66. The van der Waals surface area contributed by atoms with Crippen LogP contribution in [0.1, 0.15) is 29.6 Å². The number of nitrogens with zero attached hydrogens (tertiary/aromatic N) is 3. The number of thiophene rings is 1. The summed E-state index contributed by atoms with van der Waals surface area (Å²) in [5, 5.41) is 8.14. The Morgan fingerprint density at radius 1 is 1.47 bits per heavy atom. The highest BCUT2D eigenvalue weighted by Crippen LogP contribution is 2.21. The van der Waals surface area contributed by atoms with E-state index in [4.69, 9.17) is 0 Å². The highest BCUT2D eigenvalue weighted by molar-refractivity contribution is 7.08. The van der Waals surface area contributed by atoms with Gasteiger partial charge in [-0.05, 0) is 36.8 Å². The Morgan fingerprint density at radius 2 is 2.42 bits per heavy atom. The largest absolute Gasteiger partial charge is 0.334 e. The van der Waals surface area contributed by atoms with Crippen molar-refractivity contribution in [1.29, 1.82) is 0 Å². The van der Waals surface area contributed by atoms with Crippen LogP contribution < -0.4 is 0 Å². The molecule has 3 rings (SSSR count). The van der Waals surface area contributed by atoms with Gasteiger partial charge >= 0.3 is 0 Å². The summed E-state index contributed by atoms with van der Waals surface area (Å²) in [6.07, 6.45) is 7.11. The first-order valence-electron chi connectivity index (χ1n) is 6.65. The second-order valence-corrected chi connectivity index (χ2v) is 5.67. The quantitative estimate of drug-likeness (QED) is 0.863. The Hall–Kier alpha value is -1.62. The van der Waals surface area contributed by atoms with Crippen LogP contribution in [0.25, 0.3) is 0 Å². The summed E-state index contributed by atoms with van der Waals surface area (Å²) >= 11 is 1.57. The minimum atomic E-state index is 0.165. The van der Waals surface area contributed by atoms with E-state index in [1.165, 1.54) is 6.42 Å². The normalized spacial score (nSPS) is 19.6. The van der Waals surface area contributed by atoms with Crippen molar-refractivity contribution in [2.45, 2.75) is 31.8 Å². The number of hydrogen-bond donors (Lipinski definition) is 0. The molecule has 0 N–H and O–H groups in total. The zero-order valence-corrected chi connectivity index (χ0v) is 11.6. The van der Waals surface area contributed by atoms with Crippen molar-refractivity contribution in [3.05, 3.63) is 40.8 Å². The standard InChI is InChI=1S/C14H17N3OS/c18-14(12-5-9-19-11-12)17-8-2-1-4-13(17)10-16-7-3-6-15-16/h3,5-7,9,11,13H,1-2,4,8,10H2/t13-/m0/s1. The Morgan fingerprint density at radius 3 is 3.16 bits per heavy atom. The number of likely N-dealkylation sites (tertiary alicyclic amines) is 1. The average Bonchev–Trinajstić information content (AvgIpc) is 3.11. The molecule has 5 heteroatoms. The van der Waals surface area contributed by atoms with Crippen LogP contribution in [0.15, 0.2) is 35.3 Å². The minimum absolute atomic E-state index is 0.165. The molecule has 1 fully saturated rings. The lowest BCUT2D eigenvalue weighted by atomic mass is 10.0. The zero-order valence-electron chi connectivity index (χ0n) is 10.7. The van der Waals surface area contributed by atoms with Crippen LogP contribution in [0.5, 0.6) is 0 Å². The van der Waals surface area contributed by atoms with Gasteiger partial charge in [0.15, 0.2) is 0 Å². The Kier molecular flexibility index (Phi) is 3.64. The van der Waals surface area contributed by atoms with Gasteiger partial charge < -0.3 is 4.90 Å². The summed E-state index contributed by atoms with van der Waals surface area (Å²) in [7, 11) is 0. The first kappa shape index (κ1) is 12.4. The van der Waals surface area contributed by atoms with Crippen LogP contribution in [0, 0.1) is 0 Å². The number of aromatic nitrogens is 2. The maximum absolute atomic E-state index is 12.5. The molecule has 2 aromatic rings. The summed E-state index contributed by atoms with van der Waals surface area (Å²) in [4.78, 5) is 14.5. The minimum Gasteiger partial charge on any atom is -0.334 e. The van der Waals surface area contributed by atoms with Gasteiger partial charge in [0.05, 0.1) is 18.2 Å². The monoisotopic (exact) mass is 275 g/mol. The Labute approximate surface area is 116 Å². The van der Waals surface area contributed by atoms with Crippen LogP contribution in [-0.2, 0) is 6.54 Å². The van der Waals surface area contributed by atoms with Crippen molar-refractivity contribution < 1.29 is 4.79 Å². The number of amides is 1. The fraction of sp³-hybridized carbons (Fsp3) is 0.429. The Balaban J connectivity index is 1.75. The van der Waals surface area contributed by atoms with Crippen molar-refractivity contribution in [3.63, 3.8) is 0 Å². The van der Waals surface area contributed by atoms with Crippen LogP contribution in [0.2, 0.25) is 0 Å². The average molecular weight is 275 g/mol. The molecule has 1 aliphatic rings. The molecule has 0 spiro atoms. The number of hydrogen-bond acceptors (Lipinski definition) is 3. The second-order valence-electron chi connectivity index (χ2n) is 4.89. The third kappa shape index (κ3) is 2.71. The van der Waals surface area contributed by atoms with Crippen molar-refractivity contribution in [2.24, 2.45) is 0 Å². The number of carbonyl (C=O) groups excluding carboxylic acids is 1. The summed E-state index contributed by atoms with van der Waals surface area (Å²) in [5.74, 6) is 0.165. The van der Waals surface area contributed by atoms with Crippen molar-refractivity contribution in [1.82, 2.24) is 14.7 Å². The predicted octanol–water partition coefficient (Wildman–Crippen LogP) is 2.64. The molecule has 1 aliphatic heterocycles. The third-order valence-corrected chi connectivity index (χ3v) is 4.30. The van der Waals surface area contributed by atoms with Crippen LogP contribution in [0.3, 0.4) is 0 Å². The predicted molar refractivity (Wildman–Crippen MR) is 75.2 cm³/mol. The molecule has 0 unspecified atom stereocenters. The molecule has 4 nitrogen and oxygen atoms in total. The van der Waals surface area contributed by atoms with Gasteiger partial charge in [0, 0.05) is 24.3 Å². The van der Waals surface area contributed by atoms with Crippen LogP contribution in [-0.4, -0.2) is 33.2 Å². The second kappa shape index (κ2) is 5.57. The molecule has 100 valence electrons. The van der Waals surface area contributed by atoms with Crippen LogP contribution >= 0.6 is 11.3 Å². The van der Waals surface area contributed by atoms with E-state index in [2.05, 4.69) is 5.10 Å². The van der Waals surface area contributed by atoms with E-state index in [1.807, 2.05) is 38.7 Å². The highest BCUT2D eigenvalue weighted by Gasteiger charge is 2.27. The summed E-state index contributed by atoms with van der Waals surface area (Å²) in [5.41, 5.74) is 0.817. The van der Waals surface area contributed by atoms with Crippen molar-refractivity contribution in [2.75, 3.05) is 6.54 Å². The lowest BCUT2D eigenvalue weighted by Crippen LogP contribution is -2.45. The molecule has 0 bridgehead atoms. The maximum atomic E-state index is 12.5. The number of rotatable bonds is 3. The van der Waals surface area contributed by atoms with E-state index in [9.17, 15) is 4.79 Å². The fourth-order valence-electron chi connectivity index (χ4n) is 2.63. The smallest absolute Gasteiger partial charge is 0.255 e. The lowest BCUT2D eigenvalue weighted by Gasteiger charge is -2.35. The molecule has 0 radical (unpaired) electrons. The van der Waals surface area contributed by atoms with Crippen molar-refractivity contribution >= 4 is 17.2 Å². The van der Waals surface area contributed by atoms with Gasteiger partial charge in [-0.25, -0.2) is 0 Å². The molecule has 1 atom stereocenters. The molecule has 1 saturated heterocycles. The third-order valence-electron chi connectivity index (χ3n) is 3.61. The van der Waals surface area contributed by atoms with E-state index in [0.29, 0.717) is 0 Å². The fourth-order valence-corrected chi connectivity index (χ4v) is 3.26. The van der Waals surface area contributed by atoms with Gasteiger partial charge in [-0.15, -0.1) is 0 Å². The van der Waals surface area contributed by atoms with Crippen LogP contribution in [0.4, 0.5) is 0 Å². The lowest BCUT2D eigenvalue weighted by molar-refractivity contribution is 0.0584. The topological polar surface area (TPSA) is 38.1 Å². The Bertz CT molecular complexity index is 521. The van der Waals surface area contributed by atoms with Gasteiger partial charge in [-0.2, -0.15) is 16.4 Å². The molecule has 2 aromatic heterocycles. The maximum Gasteiger partial charge on any atom is 0.255 e. The van der Waals surface area contributed by atoms with Crippen molar-refractivity contribution in [3.8, 4) is 0 Å². The molecule has 1 amide bonds. The highest BCUT2D eigenvalue weighted by atomic mass is 32.1. The zero-order chi connectivity index (χ0) is 13.1. The number of carbonyl (C=O) groups is 1. The summed E-state index contributed by atoms with van der Waals surface area (Å²) in [6, 6.07) is 4.10. The van der Waals surface area contributed by atoms with E-state index in [0.717, 1.165) is 31.5 Å². The van der Waals surface area contributed by atoms with E-state index in [-0.39, 0.29) is 11.9 Å².